The van der Waals surface area contributed by atoms with Crippen LogP contribution < -0.4 is 29.4 Å². The van der Waals surface area contributed by atoms with Crippen molar-refractivity contribution >= 4 is 76.4 Å². The molecule has 0 aliphatic carbocycles. The number of hydrogen-bond donors (Lipinski definition) is 24. The van der Waals surface area contributed by atoms with Crippen LogP contribution in [0.2, 0.25) is 10.0 Å². The van der Waals surface area contributed by atoms with E-state index < -0.39 is 304 Å². The molecule has 9 aliphatic rings. The van der Waals surface area contributed by atoms with Gasteiger partial charge in [-0.05, 0) is 132 Å². The van der Waals surface area contributed by atoms with Gasteiger partial charge in [0.1, 0.15) is 132 Å². The van der Waals surface area contributed by atoms with E-state index in [1.165, 1.54) is 36.4 Å². The zero-order valence-electron chi connectivity index (χ0n) is 69.8. The van der Waals surface area contributed by atoms with Crippen molar-refractivity contribution in [3.8, 4) is 80.1 Å². The lowest BCUT2D eigenvalue weighted by Gasteiger charge is -2.42. The number of unbranched alkanes of at least 4 members (excludes halogenated alkanes) is 3. The normalized spacial score (nSPS) is 29.3. The molecule has 42 nitrogen and oxygen atoms in total. The third kappa shape index (κ3) is 20.6. The van der Waals surface area contributed by atoms with Gasteiger partial charge in [0.2, 0.25) is 53.7 Å². The van der Waals surface area contributed by atoms with Crippen molar-refractivity contribution in [2.75, 3.05) is 19.8 Å². The Morgan fingerprint density at radius 1 is 0.500 bits per heavy atom. The lowest BCUT2D eigenvalue weighted by Crippen LogP contribution is -2.60. The number of carboxylic acids is 1. The summed E-state index contributed by atoms with van der Waals surface area (Å²) in [6, 6.07) is 1.15. The zero-order valence-corrected chi connectivity index (χ0v) is 71.3. The summed E-state index contributed by atoms with van der Waals surface area (Å²) in [5.74, 6) is -18.2. The molecule has 7 aromatic carbocycles. The number of halogens is 2. The van der Waals surface area contributed by atoms with E-state index in [-0.39, 0.29) is 57.4 Å². The van der Waals surface area contributed by atoms with Crippen LogP contribution in [-0.4, -0.2) is 294 Å². The molecule has 44 heteroatoms. The van der Waals surface area contributed by atoms with Gasteiger partial charge in [-0.25, -0.2) is 44.7 Å². The molecule has 15 unspecified atom stereocenters. The summed E-state index contributed by atoms with van der Waals surface area (Å²) in [6.45, 7) is -0.0289. The zero-order chi connectivity index (χ0) is 94.7. The fraction of sp³-hybridized carbons (Fsp3) is 0.398. The van der Waals surface area contributed by atoms with Crippen LogP contribution in [0.25, 0.3) is 11.1 Å². The molecule has 0 spiro atoms. The molecular weight excluding hydrogens is 1780 g/mol. The number of fused-ring (bicyclic) bond motifs is 12. The average Bonchev–Trinajstić information content (AvgIpc) is 0.757. The molecule has 25 N–H and O–H groups in total. The highest BCUT2D eigenvalue weighted by atomic mass is 35.5. The third-order valence-corrected chi connectivity index (χ3v) is 23.2. The van der Waals surface area contributed by atoms with Crippen LogP contribution in [0.4, 0.5) is 0 Å². The second kappa shape index (κ2) is 40.8. The summed E-state index contributed by atoms with van der Waals surface area (Å²) in [5.41, 5.74) is 3.08. The van der Waals surface area contributed by atoms with E-state index in [9.17, 15) is 122 Å². The second-order valence-electron chi connectivity index (χ2n) is 31.9. The number of nitrogens with two attached hydrogens (primary N) is 1. The van der Waals surface area contributed by atoms with Crippen LogP contribution in [0, 0.1) is 0 Å². The van der Waals surface area contributed by atoms with Gasteiger partial charge >= 0.3 is 5.97 Å². The molecule has 0 radical (unpaired) electrons. The summed E-state index contributed by atoms with van der Waals surface area (Å²) in [5, 5.41) is 271. The number of hydrogen-bond acceptors (Lipinski definition) is 33. The van der Waals surface area contributed by atoms with Crippen LogP contribution in [0.15, 0.2) is 167 Å². The predicted molar refractivity (Wildman–Crippen MR) is 468 cm³/mol. The van der Waals surface area contributed by atoms with E-state index >= 15 is 0 Å². The number of ether oxygens (including phenoxy) is 9. The van der Waals surface area contributed by atoms with Crippen molar-refractivity contribution in [2.24, 2.45) is 45.7 Å². The largest absolute Gasteiger partial charge is 0.508 e. The van der Waals surface area contributed by atoms with Gasteiger partial charge in [0, 0.05) is 48.6 Å². The number of benzene rings is 7. The molecule has 7 aromatic rings. The van der Waals surface area contributed by atoms with Gasteiger partial charge in [-0.2, -0.15) is 0 Å². The van der Waals surface area contributed by atoms with E-state index in [0.29, 0.717) is 0 Å². The van der Waals surface area contributed by atoms with Crippen molar-refractivity contribution in [1.29, 1.82) is 0 Å². The van der Waals surface area contributed by atoms with Crippen LogP contribution >= 0.6 is 23.2 Å². The lowest BCUT2D eigenvalue weighted by molar-refractivity contribution is -0.279. The summed E-state index contributed by atoms with van der Waals surface area (Å²) in [4.78, 5) is 49.9. The molecule has 9 heterocycles. The van der Waals surface area contributed by atoms with Crippen molar-refractivity contribution in [2.45, 2.75) is 199 Å². The number of allylic oxidation sites excluding steroid dienone is 2. The minimum Gasteiger partial charge on any atom is -0.508 e. The molecule has 3 fully saturated rings. The van der Waals surface area contributed by atoms with Gasteiger partial charge in [0.15, 0.2) is 71.3 Å². The molecule has 0 amide bonds. The van der Waals surface area contributed by atoms with Gasteiger partial charge in [0.05, 0.1) is 29.9 Å². The van der Waals surface area contributed by atoms with Crippen molar-refractivity contribution in [1.82, 2.24) is 0 Å². The van der Waals surface area contributed by atoms with Crippen LogP contribution in [-0.2, 0) is 30.2 Å². The summed E-state index contributed by atoms with van der Waals surface area (Å²) in [7, 11) is 0. The SMILES string of the molecule is CCCCC/C=C\CCC(O)=NC1C(Oc2c3cc4cc2Oc2ccc(cc2Cl)[C@@H](OC2OC(CO)C(O)C(O)C2N=C(C)O)[C@@H]2N=C(O)[C@H](N=C(O)[C@@H]4N=C(O)[C@H]4N=C(O)[C@@H](Cc5ccc(c(Cl)c5)O3)N=C(O)[C@H](N)c3ccc(O)c(c3)Oc3cc(O)cc4c3)c3ccc(O)c(c3)-c3c(OC4OC(CO)C(O)C(O)C4O)cc(O)cc3[C@@H](C(=O)O)N=C2O)OC(CO)C(O)C1O. The quantitative estimate of drug-likeness (QED) is 0.0160. The number of carboxylic acid groups (broad SMARTS) is 1. The fourth-order valence-electron chi connectivity index (χ4n) is 15.8. The highest BCUT2D eigenvalue weighted by Crippen LogP contribution is 2.52. The second-order valence-corrected chi connectivity index (χ2v) is 32.7. The van der Waals surface area contributed by atoms with Crippen molar-refractivity contribution < 1.29 is 165 Å². The van der Waals surface area contributed by atoms with Crippen LogP contribution in [0.1, 0.15) is 128 Å². The van der Waals surface area contributed by atoms with E-state index in [0.717, 1.165) is 111 Å². The third-order valence-electron chi connectivity index (χ3n) is 22.6. The Hall–Kier alpha value is -12.3. The first kappa shape index (κ1) is 95.8. The lowest BCUT2D eigenvalue weighted by atomic mass is 9.90. The molecule has 704 valence electrons. The first-order chi connectivity index (χ1) is 63.0. The Balaban J connectivity index is 1.09. The molecule has 0 saturated carbocycles. The van der Waals surface area contributed by atoms with Gasteiger partial charge in [-0.15, -0.1) is 0 Å². The van der Waals surface area contributed by atoms with Crippen LogP contribution in [0.5, 0.6) is 69.0 Å². The highest BCUT2D eigenvalue weighted by molar-refractivity contribution is 6.32. The molecule has 16 rings (SSSR count). The number of aromatic hydroxyl groups is 4. The van der Waals surface area contributed by atoms with Gasteiger partial charge in [-0.1, -0.05) is 79.4 Å². The van der Waals surface area contributed by atoms with Gasteiger partial charge in [-0.3, -0.25) is 0 Å². The molecule has 23 atom stereocenters. The molecule has 3 saturated heterocycles. The Labute approximate surface area is 758 Å². The fourth-order valence-corrected chi connectivity index (χ4v) is 16.3. The maximum Gasteiger partial charge on any atom is 0.333 e. The number of carbonyl (C=O) groups is 1. The van der Waals surface area contributed by atoms with E-state index in [2.05, 4.69) is 39.9 Å². The number of phenolic OH excluding ortho intramolecular Hbond substituents is 4. The molecule has 132 heavy (non-hydrogen) atoms. The van der Waals surface area contributed by atoms with Gasteiger partial charge < -0.3 is 166 Å². The first-order valence-electron chi connectivity index (χ1n) is 41.4. The molecular formula is C88H95Cl2N9O33. The highest BCUT2D eigenvalue weighted by Gasteiger charge is 2.51. The van der Waals surface area contributed by atoms with Gasteiger partial charge in [0.25, 0.3) is 0 Å². The number of rotatable bonds is 19. The smallest absolute Gasteiger partial charge is 0.333 e. The topological polar surface area (TPSA) is 690 Å². The maximum absolute atomic E-state index is 14.3. The van der Waals surface area contributed by atoms with Crippen molar-refractivity contribution in [3.05, 3.63) is 176 Å². The number of aliphatic imine (C=N–C) groups is 8. The van der Waals surface area contributed by atoms with Crippen molar-refractivity contribution in [3.63, 3.8) is 0 Å². The monoisotopic (exact) mass is 1880 g/mol. The summed E-state index contributed by atoms with van der Waals surface area (Å²) in [6.07, 6.45) is -21.8. The first-order valence-corrected chi connectivity index (χ1v) is 42.2. The Kier molecular flexibility index (Phi) is 29.6. The van der Waals surface area contributed by atoms with E-state index in [1.54, 1.807) is 6.08 Å². The number of phenols is 4. The number of aliphatic hydroxyl groups is 18. The Morgan fingerprint density at radius 3 is 1.70 bits per heavy atom. The minimum atomic E-state index is -2.63. The maximum atomic E-state index is 14.3. The number of aliphatic hydroxyl groups excluding tert-OH is 18. The Morgan fingerprint density at radius 2 is 1.06 bits per heavy atom. The molecule has 9 aliphatic heterocycles. The Bertz CT molecular complexity index is 5740. The summed E-state index contributed by atoms with van der Waals surface area (Å²) >= 11 is 14.8. The predicted octanol–water partition coefficient (Wildman–Crippen LogP) is 7.66. The molecule has 0 aromatic heterocycles. The van der Waals surface area contributed by atoms with E-state index in [1.807, 2.05) is 13.0 Å². The van der Waals surface area contributed by atoms with E-state index in [4.69, 9.17) is 71.6 Å². The standard InChI is InChI=1S/C88H95Cl2N9O33/c1-3-4-5-6-7-8-9-10-60(108)94-68-74(113)71(110)58(32-101)129-87(68)132-78-55-26-40-27-56(78)126-52-18-14-38(24-47(52)90)77(131-86-67(92-34(2)103)73(112)70(109)57(31-100)128-86)69-84(121)98-66(85(122)123)45-29-42(105)30-54(127-88-76(115)75(114)72(111)59(33-102)130-88)61(45)44-23-37(13-15-49(44)106)63(81(118)99-69)96-83(120)65(40)97-82(119)64-39-21-41(104)28-43(22-39)124-53-25-36(12-16-50(53)107)62(91)80(117)93-48(79(116)95-64)20-35-11-17-51(125-55)46(89)19-35/h7-8,11-19,21-30,48,57-59,62-77,86-88,100-102,104-107,109-115H,3-6,9-10,20,31-33,91H2,1-2H3,(H,92,103)(H,93,117)(H,94,108)(H,95,116)(H,96,120)(H,97,119)(H,98,121)(H,99,118)(H,122,123)/b8-7-/t48-,57?,58?,59?,62-,63-,64+,65-,66+,67?,68?,69+,70?,71?,72?,73?,74?,75?,76?,77-,86?,87?,88?/m1/s1. The average molecular weight is 1880 g/mol. The number of nitrogens with zero attached hydrogens (tertiary/aromatic N) is 8. The number of aliphatic carboxylic acids is 1. The summed E-state index contributed by atoms with van der Waals surface area (Å²) < 4.78 is 57.6. The molecule has 17 bridgehead atoms. The minimum absolute atomic E-state index is 0.0796. The van der Waals surface area contributed by atoms with Crippen LogP contribution in [0.3, 0.4) is 0 Å².